The third kappa shape index (κ3) is 5.78. The average molecular weight is 470 g/mol. The van der Waals surface area contributed by atoms with Gasteiger partial charge in [0.2, 0.25) is 0 Å². The maximum Gasteiger partial charge on any atom is 0.0991 e. The van der Waals surface area contributed by atoms with Crippen molar-refractivity contribution in [2.24, 2.45) is 0 Å². The van der Waals surface area contributed by atoms with Crippen LogP contribution in [0.1, 0.15) is 48.9 Å². The van der Waals surface area contributed by atoms with Gasteiger partial charge in [0, 0.05) is 70.1 Å². The molecule has 0 amide bonds. The van der Waals surface area contributed by atoms with Crippen LogP contribution in [0.2, 0.25) is 0 Å². The molecule has 1 N–H and O–H groups in total. The highest BCUT2D eigenvalue weighted by Crippen LogP contribution is 2.34. The van der Waals surface area contributed by atoms with Gasteiger partial charge in [0.15, 0.2) is 0 Å². The first-order valence-electron chi connectivity index (χ1n) is 13.4. The smallest absolute Gasteiger partial charge is 0.0991 e. The quantitative estimate of drug-likeness (QED) is 0.657. The number of nitrogens with zero attached hydrogens (tertiary/aromatic N) is 4. The molecule has 3 aliphatic rings. The molecule has 2 aromatic carbocycles. The summed E-state index contributed by atoms with van der Waals surface area (Å²) in [4.78, 5) is 7.74. The van der Waals surface area contributed by atoms with Crippen LogP contribution in [0.4, 0.5) is 5.69 Å². The first-order valence-corrected chi connectivity index (χ1v) is 13.4. The molecule has 0 spiro atoms. The minimum absolute atomic E-state index is 0.632. The Hall–Kier alpha value is -2.65. The minimum atomic E-state index is 0.632. The Morgan fingerprint density at radius 1 is 1.00 bits per heavy atom. The van der Waals surface area contributed by atoms with Crippen molar-refractivity contribution in [2.45, 2.75) is 45.2 Å². The number of fused-ring (bicyclic) bond motifs is 1. The molecule has 0 unspecified atom stereocenters. The van der Waals surface area contributed by atoms with Crippen molar-refractivity contribution >= 4 is 17.3 Å². The van der Waals surface area contributed by atoms with E-state index in [0.717, 1.165) is 31.6 Å². The van der Waals surface area contributed by atoms with Crippen LogP contribution in [0.15, 0.2) is 42.5 Å². The summed E-state index contributed by atoms with van der Waals surface area (Å²) >= 11 is 0. The highest BCUT2D eigenvalue weighted by molar-refractivity contribution is 5.89. The number of nitrogens with one attached hydrogen (secondary N) is 1. The number of hydrogen-bond acceptors (Lipinski definition) is 5. The summed E-state index contributed by atoms with van der Waals surface area (Å²) in [7, 11) is 0. The molecule has 35 heavy (non-hydrogen) atoms. The van der Waals surface area contributed by atoms with Crippen LogP contribution in [0.3, 0.4) is 0 Å². The number of rotatable bonds is 7. The molecule has 0 aromatic heterocycles. The monoisotopic (exact) mass is 469 g/mol. The van der Waals surface area contributed by atoms with Crippen LogP contribution in [-0.4, -0.2) is 74.2 Å². The number of benzene rings is 2. The predicted octanol–water partition coefficient (Wildman–Crippen LogP) is 4.24. The van der Waals surface area contributed by atoms with E-state index in [1.807, 2.05) is 12.1 Å². The molecular formula is C30H39N5. The Morgan fingerprint density at radius 2 is 1.80 bits per heavy atom. The lowest BCUT2D eigenvalue weighted by Crippen LogP contribution is -2.51. The summed E-state index contributed by atoms with van der Waals surface area (Å²) in [6, 6.07) is 18.6. The van der Waals surface area contributed by atoms with Gasteiger partial charge in [-0.3, -0.25) is 9.80 Å². The predicted molar refractivity (Wildman–Crippen MR) is 146 cm³/mol. The Labute approximate surface area is 211 Å². The van der Waals surface area contributed by atoms with Crippen LogP contribution < -0.4 is 10.2 Å². The number of hydrogen-bond donors (Lipinski definition) is 1. The van der Waals surface area contributed by atoms with E-state index in [1.54, 1.807) is 0 Å². The van der Waals surface area contributed by atoms with Crippen LogP contribution in [-0.2, 0) is 6.42 Å². The molecule has 0 radical (unpaired) electrons. The van der Waals surface area contributed by atoms with E-state index in [1.165, 1.54) is 73.5 Å². The van der Waals surface area contributed by atoms with Gasteiger partial charge in [-0.2, -0.15) is 5.26 Å². The molecule has 2 aromatic rings. The van der Waals surface area contributed by atoms with Crippen LogP contribution in [0.25, 0.3) is 11.6 Å². The third-order valence-electron chi connectivity index (χ3n) is 8.06. The normalized spacial score (nSPS) is 19.6. The van der Waals surface area contributed by atoms with E-state index in [-0.39, 0.29) is 0 Å². The first-order chi connectivity index (χ1) is 17.1. The zero-order valence-corrected chi connectivity index (χ0v) is 21.3. The molecule has 2 saturated heterocycles. The van der Waals surface area contributed by atoms with Gasteiger partial charge in [-0.15, -0.1) is 0 Å². The van der Waals surface area contributed by atoms with Crippen molar-refractivity contribution in [1.29, 1.82) is 5.26 Å². The van der Waals surface area contributed by atoms with Gasteiger partial charge in [0.05, 0.1) is 11.6 Å². The zero-order valence-electron chi connectivity index (χ0n) is 21.3. The minimum Gasteiger partial charge on any atom is -0.371 e. The molecule has 0 bridgehead atoms. The summed E-state index contributed by atoms with van der Waals surface area (Å²) in [6.07, 6.45) is 5.61. The Kier molecular flexibility index (Phi) is 7.53. The number of piperazine rings is 1. The van der Waals surface area contributed by atoms with Gasteiger partial charge in [-0.1, -0.05) is 24.3 Å². The molecule has 0 atom stereocenters. The summed E-state index contributed by atoms with van der Waals surface area (Å²) in [5, 5.41) is 13.0. The fraction of sp³-hybridized carbons (Fsp3) is 0.500. The van der Waals surface area contributed by atoms with Crippen LogP contribution in [0.5, 0.6) is 0 Å². The van der Waals surface area contributed by atoms with E-state index in [4.69, 9.17) is 0 Å². The lowest BCUT2D eigenvalue weighted by atomic mass is 10.0. The Bertz CT molecular complexity index is 1080. The van der Waals surface area contributed by atoms with Crippen LogP contribution >= 0.6 is 0 Å². The standard InChI is InChI=1S/C30H39N5/c1-23(2)34-16-14-33(15-17-34)13-10-32-29-8-11-35(12-9-29)30-5-3-4-25(21-30)28-19-26-7-6-24(22-31)18-27(26)20-28/h3-7,18-19,21,23,29,32H,8-17,20H2,1-2H3. The summed E-state index contributed by atoms with van der Waals surface area (Å²) < 4.78 is 0. The fourth-order valence-electron chi connectivity index (χ4n) is 5.77. The van der Waals surface area contributed by atoms with Crippen molar-refractivity contribution in [1.82, 2.24) is 15.1 Å². The second-order valence-corrected chi connectivity index (χ2v) is 10.6. The van der Waals surface area contributed by atoms with E-state index >= 15 is 0 Å². The molecule has 5 heteroatoms. The van der Waals surface area contributed by atoms with E-state index in [0.29, 0.717) is 12.1 Å². The topological polar surface area (TPSA) is 45.5 Å². The fourth-order valence-corrected chi connectivity index (χ4v) is 5.77. The van der Waals surface area contributed by atoms with Gasteiger partial charge >= 0.3 is 0 Å². The van der Waals surface area contributed by atoms with Crippen molar-refractivity contribution in [2.75, 3.05) is 57.3 Å². The van der Waals surface area contributed by atoms with Gasteiger partial charge < -0.3 is 10.2 Å². The lowest BCUT2D eigenvalue weighted by Gasteiger charge is -2.37. The molecule has 2 aliphatic heterocycles. The Morgan fingerprint density at radius 3 is 2.54 bits per heavy atom. The van der Waals surface area contributed by atoms with E-state index < -0.39 is 0 Å². The summed E-state index contributed by atoms with van der Waals surface area (Å²) in [5.74, 6) is 0. The maximum absolute atomic E-state index is 9.20. The number of anilines is 1. The van der Waals surface area contributed by atoms with Crippen LogP contribution in [0, 0.1) is 11.3 Å². The van der Waals surface area contributed by atoms with Gasteiger partial charge in [-0.05, 0) is 79.6 Å². The first kappa shape index (κ1) is 24.1. The molecular weight excluding hydrogens is 430 g/mol. The molecule has 5 nitrogen and oxygen atoms in total. The van der Waals surface area contributed by atoms with E-state index in [2.05, 4.69) is 76.3 Å². The molecule has 2 heterocycles. The summed E-state index contributed by atoms with van der Waals surface area (Å²) in [6.45, 7) is 13.9. The Balaban J connectivity index is 1.09. The average Bonchev–Trinajstić information content (AvgIpc) is 3.33. The van der Waals surface area contributed by atoms with Crippen molar-refractivity contribution in [3.8, 4) is 6.07 Å². The zero-order chi connectivity index (χ0) is 24.2. The molecule has 2 fully saturated rings. The molecule has 0 saturated carbocycles. The molecule has 1 aliphatic carbocycles. The third-order valence-corrected chi connectivity index (χ3v) is 8.06. The maximum atomic E-state index is 9.20. The van der Waals surface area contributed by atoms with Crippen molar-refractivity contribution < 1.29 is 0 Å². The number of piperidine rings is 1. The van der Waals surface area contributed by atoms with Gasteiger partial charge in [-0.25, -0.2) is 0 Å². The largest absolute Gasteiger partial charge is 0.371 e. The second kappa shape index (κ2) is 11.0. The number of nitriles is 1. The summed E-state index contributed by atoms with van der Waals surface area (Å²) in [5.41, 5.74) is 7.24. The second-order valence-electron chi connectivity index (χ2n) is 10.6. The lowest BCUT2D eigenvalue weighted by molar-refractivity contribution is 0.108. The highest BCUT2D eigenvalue weighted by Gasteiger charge is 2.22. The molecule has 184 valence electrons. The SMILES string of the molecule is CC(C)N1CCN(CCNC2CCN(c3cccc(C4=Cc5ccc(C#N)cc5C4)c3)CC2)CC1. The van der Waals surface area contributed by atoms with Gasteiger partial charge in [0.25, 0.3) is 0 Å². The molecule has 5 rings (SSSR count). The van der Waals surface area contributed by atoms with Crippen molar-refractivity contribution in [3.63, 3.8) is 0 Å². The van der Waals surface area contributed by atoms with Gasteiger partial charge in [0.1, 0.15) is 0 Å². The number of allylic oxidation sites excluding steroid dienone is 1. The highest BCUT2D eigenvalue weighted by atomic mass is 15.3. The van der Waals surface area contributed by atoms with Crippen molar-refractivity contribution in [3.05, 3.63) is 64.7 Å². The van der Waals surface area contributed by atoms with E-state index in [9.17, 15) is 5.26 Å².